The van der Waals surface area contributed by atoms with E-state index in [1.54, 1.807) is 39.0 Å². The van der Waals surface area contributed by atoms with Crippen molar-refractivity contribution >= 4 is 50.8 Å². The second-order valence-corrected chi connectivity index (χ2v) is 8.75. The molecule has 3 aromatic rings. The molecule has 1 aliphatic rings. The largest absolute Gasteiger partial charge is 0.459 e. The summed E-state index contributed by atoms with van der Waals surface area (Å²) in [7, 11) is 0. The van der Waals surface area contributed by atoms with Gasteiger partial charge in [0.05, 0.1) is 21.5 Å². The first-order valence-corrected chi connectivity index (χ1v) is 9.94. The van der Waals surface area contributed by atoms with Gasteiger partial charge in [-0.1, -0.05) is 24.3 Å². The molecule has 2 aromatic carbocycles. The van der Waals surface area contributed by atoms with Crippen LogP contribution in [0.15, 0.2) is 42.5 Å². The van der Waals surface area contributed by atoms with Crippen LogP contribution >= 0.6 is 11.3 Å². The number of esters is 1. The minimum atomic E-state index is -0.697. The predicted molar refractivity (Wildman–Crippen MR) is 112 cm³/mol. The van der Waals surface area contributed by atoms with Gasteiger partial charge >= 0.3 is 5.97 Å². The van der Waals surface area contributed by atoms with Crippen molar-refractivity contribution in [3.63, 3.8) is 0 Å². The maximum atomic E-state index is 14.6. The van der Waals surface area contributed by atoms with Crippen LogP contribution in [0.2, 0.25) is 0 Å². The van der Waals surface area contributed by atoms with Gasteiger partial charge in [-0.3, -0.25) is 14.5 Å². The maximum Gasteiger partial charge on any atom is 0.326 e. The zero-order valence-electron chi connectivity index (χ0n) is 16.2. The molecule has 4 rings (SSSR count). The van der Waals surface area contributed by atoms with E-state index < -0.39 is 23.3 Å². The van der Waals surface area contributed by atoms with E-state index in [-0.39, 0.29) is 12.2 Å². The highest BCUT2D eigenvalue weighted by Gasteiger charge is 2.37. The van der Waals surface area contributed by atoms with E-state index in [0.717, 1.165) is 15.1 Å². The fourth-order valence-electron chi connectivity index (χ4n) is 3.24. The van der Waals surface area contributed by atoms with Crippen LogP contribution in [-0.4, -0.2) is 29.0 Å². The van der Waals surface area contributed by atoms with Gasteiger partial charge in [0.25, 0.3) is 5.91 Å². The van der Waals surface area contributed by atoms with Crippen LogP contribution in [0.4, 0.5) is 10.1 Å². The molecule has 7 heteroatoms. The molecule has 0 saturated heterocycles. The van der Waals surface area contributed by atoms with Crippen molar-refractivity contribution in [2.75, 3.05) is 11.4 Å². The Bertz CT molecular complexity index is 1130. The summed E-state index contributed by atoms with van der Waals surface area (Å²) in [5.74, 6) is -1.61. The van der Waals surface area contributed by atoms with Gasteiger partial charge in [-0.25, -0.2) is 9.37 Å². The predicted octanol–water partition coefficient (Wildman–Crippen LogP) is 4.66. The smallest absolute Gasteiger partial charge is 0.326 e. The summed E-state index contributed by atoms with van der Waals surface area (Å²) in [5.41, 5.74) is 0.980. The number of anilines is 1. The SMILES string of the molecule is CC(C)(C)OC(=O)CN1C(=O)/C(=C/c2nc3ccccc3s2)c2cccc(F)c21. The Labute approximate surface area is 171 Å². The minimum Gasteiger partial charge on any atom is -0.459 e. The summed E-state index contributed by atoms with van der Waals surface area (Å²) >= 11 is 1.44. The lowest BCUT2D eigenvalue weighted by Gasteiger charge is -2.22. The quantitative estimate of drug-likeness (QED) is 0.465. The lowest BCUT2D eigenvalue weighted by Crippen LogP contribution is -2.36. The summed E-state index contributed by atoms with van der Waals surface area (Å²) in [6.45, 7) is 4.86. The molecule has 2 heterocycles. The summed E-state index contributed by atoms with van der Waals surface area (Å²) in [4.78, 5) is 31.1. The number of fused-ring (bicyclic) bond motifs is 2. The van der Waals surface area contributed by atoms with Crippen LogP contribution in [0, 0.1) is 5.82 Å². The standard InChI is InChI=1S/C22H19FN2O3S/c1-22(2,3)28-19(26)12-25-20-13(7-6-8-15(20)23)14(21(25)27)11-18-24-16-9-4-5-10-17(16)29-18/h4-11H,12H2,1-3H3/b14-11+. The number of rotatable bonds is 3. The molecule has 0 fully saturated rings. The lowest BCUT2D eigenvalue weighted by molar-refractivity contribution is -0.153. The van der Waals surface area contributed by atoms with Gasteiger partial charge in [0.1, 0.15) is 23.0 Å². The van der Waals surface area contributed by atoms with E-state index in [1.165, 1.54) is 17.4 Å². The van der Waals surface area contributed by atoms with Gasteiger partial charge in [-0.15, -0.1) is 11.3 Å². The number of hydrogen-bond donors (Lipinski definition) is 0. The van der Waals surface area contributed by atoms with Gasteiger partial charge in [0.15, 0.2) is 0 Å². The lowest BCUT2D eigenvalue weighted by atomic mass is 10.1. The first kappa shape index (κ1) is 19.3. The Hall–Kier alpha value is -3.06. The zero-order valence-corrected chi connectivity index (χ0v) is 17.0. The first-order chi connectivity index (χ1) is 13.7. The maximum absolute atomic E-state index is 14.6. The summed E-state index contributed by atoms with van der Waals surface area (Å²) in [6.07, 6.45) is 1.65. The van der Waals surface area contributed by atoms with Gasteiger partial charge in [-0.05, 0) is 45.0 Å². The van der Waals surface area contributed by atoms with E-state index in [0.29, 0.717) is 16.1 Å². The molecule has 0 atom stereocenters. The van der Waals surface area contributed by atoms with Crippen molar-refractivity contribution in [2.45, 2.75) is 26.4 Å². The molecule has 0 unspecified atom stereocenters. The number of benzene rings is 2. The molecule has 0 N–H and O–H groups in total. The minimum absolute atomic E-state index is 0.0933. The Morgan fingerprint density at radius 1 is 1.21 bits per heavy atom. The van der Waals surface area contributed by atoms with Gasteiger partial charge in [-0.2, -0.15) is 0 Å². The topological polar surface area (TPSA) is 59.5 Å². The molecule has 1 aromatic heterocycles. The Balaban J connectivity index is 1.74. The van der Waals surface area contributed by atoms with E-state index in [9.17, 15) is 14.0 Å². The number of thiazole rings is 1. The molecule has 0 radical (unpaired) electrons. The molecule has 0 bridgehead atoms. The molecule has 148 valence electrons. The number of nitrogens with zero attached hydrogens (tertiary/aromatic N) is 2. The number of halogens is 1. The molecule has 0 aliphatic carbocycles. The number of ether oxygens (including phenoxy) is 1. The Morgan fingerprint density at radius 2 is 1.97 bits per heavy atom. The van der Waals surface area contributed by atoms with Crippen molar-refractivity contribution in [1.29, 1.82) is 0 Å². The zero-order chi connectivity index (χ0) is 20.8. The fraction of sp³-hybridized carbons (Fsp3) is 0.227. The number of aromatic nitrogens is 1. The van der Waals surface area contributed by atoms with Crippen molar-refractivity contribution in [1.82, 2.24) is 4.98 Å². The van der Waals surface area contributed by atoms with Crippen molar-refractivity contribution in [3.8, 4) is 0 Å². The highest BCUT2D eigenvalue weighted by molar-refractivity contribution is 7.19. The Kier molecular flexibility index (Phi) is 4.70. The third-order valence-electron chi connectivity index (χ3n) is 4.31. The highest BCUT2D eigenvalue weighted by atomic mass is 32.1. The summed E-state index contributed by atoms with van der Waals surface area (Å²) in [6, 6.07) is 12.2. The highest BCUT2D eigenvalue weighted by Crippen LogP contribution is 2.40. The van der Waals surface area contributed by atoms with Crippen LogP contribution in [0.3, 0.4) is 0 Å². The second kappa shape index (κ2) is 7.08. The molecule has 0 saturated carbocycles. The van der Waals surface area contributed by atoms with Crippen LogP contribution in [0.25, 0.3) is 21.9 Å². The Morgan fingerprint density at radius 3 is 2.69 bits per heavy atom. The number of para-hydroxylation sites is 2. The third-order valence-corrected chi connectivity index (χ3v) is 5.29. The van der Waals surface area contributed by atoms with Crippen LogP contribution in [-0.2, 0) is 14.3 Å². The molecule has 5 nitrogen and oxygen atoms in total. The molecule has 1 amide bonds. The average molecular weight is 410 g/mol. The van der Waals surface area contributed by atoms with Crippen LogP contribution in [0.5, 0.6) is 0 Å². The van der Waals surface area contributed by atoms with Gasteiger partial charge < -0.3 is 4.74 Å². The summed E-state index contributed by atoms with van der Waals surface area (Å²) < 4.78 is 20.9. The monoisotopic (exact) mass is 410 g/mol. The number of carbonyl (C=O) groups is 2. The van der Waals surface area contributed by atoms with Gasteiger partial charge in [0, 0.05) is 5.56 Å². The number of amides is 1. The fourth-order valence-corrected chi connectivity index (χ4v) is 4.15. The molecular weight excluding hydrogens is 391 g/mol. The van der Waals surface area contributed by atoms with Crippen molar-refractivity contribution < 1.29 is 18.7 Å². The number of hydrogen-bond acceptors (Lipinski definition) is 5. The summed E-state index contributed by atoms with van der Waals surface area (Å²) in [5, 5.41) is 0.642. The van der Waals surface area contributed by atoms with Gasteiger partial charge in [0.2, 0.25) is 0 Å². The molecule has 29 heavy (non-hydrogen) atoms. The van der Waals surface area contributed by atoms with E-state index in [2.05, 4.69) is 4.98 Å². The molecular formula is C22H19FN2O3S. The second-order valence-electron chi connectivity index (χ2n) is 7.69. The third kappa shape index (κ3) is 3.78. The van der Waals surface area contributed by atoms with E-state index in [4.69, 9.17) is 4.74 Å². The normalized spacial score (nSPS) is 15.2. The van der Waals surface area contributed by atoms with E-state index >= 15 is 0 Å². The molecule has 0 spiro atoms. The van der Waals surface area contributed by atoms with Crippen molar-refractivity contribution in [3.05, 3.63) is 58.9 Å². The molecule has 1 aliphatic heterocycles. The van der Waals surface area contributed by atoms with E-state index in [1.807, 2.05) is 24.3 Å². The first-order valence-electron chi connectivity index (χ1n) is 9.13. The van der Waals surface area contributed by atoms with Crippen LogP contribution < -0.4 is 4.90 Å². The van der Waals surface area contributed by atoms with Crippen LogP contribution in [0.1, 0.15) is 31.3 Å². The number of carbonyl (C=O) groups excluding carboxylic acids is 2. The average Bonchev–Trinajstić information content (AvgIpc) is 3.15. The van der Waals surface area contributed by atoms with Crippen molar-refractivity contribution in [2.24, 2.45) is 0 Å².